The molecule has 12 heteroatoms. The minimum atomic E-state index is -1.22. The fourth-order valence-electron chi connectivity index (χ4n) is 8.87. The summed E-state index contributed by atoms with van der Waals surface area (Å²) < 4.78 is 47.4. The van der Waals surface area contributed by atoms with Gasteiger partial charge in [0.2, 0.25) is 5.82 Å². The van der Waals surface area contributed by atoms with Crippen LogP contribution in [0.25, 0.3) is 0 Å². The van der Waals surface area contributed by atoms with Gasteiger partial charge in [0, 0.05) is 31.2 Å². The molecule has 0 N–H and O–H groups in total. The van der Waals surface area contributed by atoms with Gasteiger partial charge in [-0.25, -0.2) is 0 Å². The van der Waals surface area contributed by atoms with E-state index in [-0.39, 0.29) is 38.7 Å². The first-order valence-corrected chi connectivity index (χ1v) is 18.6. The Kier molecular flexibility index (Phi) is 9.93. The summed E-state index contributed by atoms with van der Waals surface area (Å²) in [5, 5.41) is 25.2. The minimum absolute atomic E-state index is 0.00148. The average Bonchev–Trinajstić information content (AvgIpc) is 3.17. The summed E-state index contributed by atoms with van der Waals surface area (Å²) in [7, 11) is 8.26. The van der Waals surface area contributed by atoms with Crippen LogP contribution in [0.2, 0.25) is 0 Å². The van der Waals surface area contributed by atoms with Crippen LogP contribution in [0.15, 0.2) is 60.7 Å². The first-order valence-electron chi connectivity index (χ1n) is 18.6. The molecule has 8 rings (SSSR count). The van der Waals surface area contributed by atoms with E-state index in [2.05, 4.69) is 0 Å². The molecule has 6 atom stereocenters. The highest BCUT2D eigenvalue weighted by Crippen LogP contribution is 2.51. The number of fused-ring (bicyclic) bond motifs is 2. The molecule has 4 aromatic rings. The second-order valence-corrected chi connectivity index (χ2v) is 15.4. The van der Waals surface area contributed by atoms with E-state index >= 15 is 4.39 Å². The molecule has 55 heavy (non-hydrogen) atoms. The molecule has 4 aromatic carbocycles. The Morgan fingerprint density at radius 2 is 1.25 bits per heavy atom. The van der Waals surface area contributed by atoms with Crippen molar-refractivity contribution in [2.45, 2.75) is 63.7 Å². The Labute approximate surface area is 320 Å². The highest BCUT2D eigenvalue weighted by molar-refractivity contribution is 5.70. The Morgan fingerprint density at radius 1 is 0.709 bits per heavy atom. The van der Waals surface area contributed by atoms with Crippen LogP contribution in [-0.2, 0) is 35.3 Å². The summed E-state index contributed by atoms with van der Waals surface area (Å²) in [6.07, 6.45) is 1.72. The van der Waals surface area contributed by atoms with Crippen LogP contribution in [0.3, 0.4) is 0 Å². The SMILES string of the molecule is COc1ccc2cc1Oc1ccc(cc1)CC1c3cc(c(OC)cc3CC[N+]1(C)C(C)C(=O)[O-])Oc1c(F)c(OC)cc3c1C(C2)[N+](C)(C(C)C(=O)[O-])CC3. The van der Waals surface area contributed by atoms with Crippen molar-refractivity contribution >= 4 is 11.9 Å². The van der Waals surface area contributed by atoms with E-state index in [0.29, 0.717) is 60.9 Å². The second kappa shape index (κ2) is 14.4. The smallest absolute Gasteiger partial charge is 0.208 e. The number of aliphatic carboxylic acids is 2. The number of hydrogen-bond acceptors (Lipinski definition) is 9. The molecule has 290 valence electrons. The summed E-state index contributed by atoms with van der Waals surface area (Å²) >= 11 is 0. The number of carboxylic acid groups (broad SMARTS) is 2. The van der Waals surface area contributed by atoms with Gasteiger partial charge >= 0.3 is 0 Å². The van der Waals surface area contributed by atoms with Crippen molar-refractivity contribution < 1.29 is 56.8 Å². The van der Waals surface area contributed by atoms with Crippen LogP contribution in [0.5, 0.6) is 40.2 Å². The Hall–Kier alpha value is -5.33. The number of carbonyl (C=O) groups is 2. The number of halogens is 1. The Bertz CT molecular complexity index is 2160. The van der Waals surface area contributed by atoms with Gasteiger partial charge in [-0.2, -0.15) is 4.39 Å². The number of hydrogen-bond donors (Lipinski definition) is 0. The maximum absolute atomic E-state index is 17.0. The van der Waals surface area contributed by atoms with Crippen LogP contribution in [-0.4, -0.2) is 81.5 Å². The van der Waals surface area contributed by atoms with Crippen molar-refractivity contribution in [3.05, 3.63) is 99.9 Å². The normalized spacial score (nSPS) is 23.8. The van der Waals surface area contributed by atoms with Crippen LogP contribution < -0.4 is 33.9 Å². The molecule has 4 aliphatic rings. The molecule has 0 saturated heterocycles. The van der Waals surface area contributed by atoms with Crippen LogP contribution >= 0.6 is 0 Å². The van der Waals surface area contributed by atoms with E-state index in [1.165, 1.54) is 14.2 Å². The zero-order valence-electron chi connectivity index (χ0n) is 32.3. The van der Waals surface area contributed by atoms with Gasteiger partial charge in [-0.05, 0) is 78.6 Å². The molecule has 0 amide bonds. The molecule has 4 heterocycles. The van der Waals surface area contributed by atoms with Gasteiger partial charge in [-0.1, -0.05) is 18.2 Å². The fraction of sp³-hybridized carbons (Fsp3) is 0.395. The first kappa shape index (κ1) is 38.0. The van der Waals surface area contributed by atoms with Gasteiger partial charge in [0.05, 0.1) is 66.0 Å². The molecule has 0 radical (unpaired) electrons. The van der Waals surface area contributed by atoms with Crippen LogP contribution in [0.4, 0.5) is 4.39 Å². The number of carbonyl (C=O) groups excluding carboxylic acids is 2. The van der Waals surface area contributed by atoms with Gasteiger partial charge in [0.25, 0.3) is 0 Å². The third kappa shape index (κ3) is 6.50. The fourth-order valence-corrected chi connectivity index (χ4v) is 8.87. The Balaban J connectivity index is 1.52. The quantitative estimate of drug-likeness (QED) is 0.249. The molecular weight excluding hydrogens is 707 g/mol. The van der Waals surface area contributed by atoms with Gasteiger partial charge < -0.3 is 52.5 Å². The van der Waals surface area contributed by atoms with Gasteiger partial charge in [0.1, 0.15) is 29.9 Å². The molecule has 6 unspecified atom stereocenters. The van der Waals surface area contributed by atoms with E-state index in [1.807, 2.05) is 62.6 Å². The number of likely N-dealkylation sites (N-methyl/N-ethyl adjacent to an activating group) is 2. The average molecular weight is 755 g/mol. The highest BCUT2D eigenvalue weighted by atomic mass is 19.1. The van der Waals surface area contributed by atoms with Crippen molar-refractivity contribution in [2.75, 3.05) is 48.5 Å². The predicted molar refractivity (Wildman–Crippen MR) is 197 cm³/mol. The Morgan fingerprint density at radius 3 is 1.87 bits per heavy atom. The van der Waals surface area contributed by atoms with E-state index in [1.54, 1.807) is 33.1 Å². The molecule has 0 spiro atoms. The number of nitrogens with zero attached hydrogens (tertiary/aromatic N) is 2. The third-order valence-electron chi connectivity index (χ3n) is 12.7. The van der Waals surface area contributed by atoms with Gasteiger partial charge in [0.15, 0.2) is 34.5 Å². The maximum atomic E-state index is 17.0. The molecule has 0 aliphatic carbocycles. The highest BCUT2D eigenvalue weighted by Gasteiger charge is 2.48. The number of quaternary nitrogens is 2. The van der Waals surface area contributed by atoms with E-state index in [9.17, 15) is 19.8 Å². The summed E-state index contributed by atoms with van der Waals surface area (Å²) in [6.45, 7) is 4.24. The molecule has 6 bridgehead atoms. The first-order chi connectivity index (χ1) is 26.2. The molecule has 0 aromatic heterocycles. The summed E-state index contributed by atoms with van der Waals surface area (Å²) in [4.78, 5) is 25.2. The monoisotopic (exact) mass is 754 g/mol. The molecule has 0 fully saturated rings. The minimum Gasteiger partial charge on any atom is -0.544 e. The molecular formula is C43H47FN2O9. The topological polar surface area (TPSA) is 126 Å². The van der Waals surface area contributed by atoms with E-state index in [0.717, 1.165) is 27.8 Å². The lowest BCUT2D eigenvalue weighted by Gasteiger charge is -2.50. The number of benzene rings is 4. The largest absolute Gasteiger partial charge is 0.544 e. The number of carboxylic acids is 2. The maximum Gasteiger partial charge on any atom is 0.208 e. The lowest BCUT2D eigenvalue weighted by atomic mass is 9.84. The van der Waals surface area contributed by atoms with Crippen molar-refractivity contribution in [1.82, 2.24) is 0 Å². The lowest BCUT2D eigenvalue weighted by molar-refractivity contribution is -0.956. The predicted octanol–water partition coefficient (Wildman–Crippen LogP) is 4.60. The second-order valence-electron chi connectivity index (χ2n) is 15.4. The van der Waals surface area contributed by atoms with Gasteiger partial charge in [-0.15, -0.1) is 0 Å². The van der Waals surface area contributed by atoms with E-state index < -0.39 is 35.9 Å². The van der Waals surface area contributed by atoms with E-state index in [4.69, 9.17) is 23.7 Å². The lowest BCUT2D eigenvalue weighted by Crippen LogP contribution is -2.62. The number of methoxy groups -OCH3 is 3. The van der Waals surface area contributed by atoms with Crippen molar-refractivity contribution in [3.63, 3.8) is 0 Å². The molecule has 4 aliphatic heterocycles. The van der Waals surface area contributed by atoms with Crippen LogP contribution in [0.1, 0.15) is 59.3 Å². The zero-order chi connectivity index (χ0) is 39.4. The van der Waals surface area contributed by atoms with Crippen LogP contribution in [0, 0.1) is 5.82 Å². The zero-order valence-corrected chi connectivity index (χ0v) is 32.3. The van der Waals surface area contributed by atoms with Crippen molar-refractivity contribution in [3.8, 4) is 40.2 Å². The third-order valence-corrected chi connectivity index (χ3v) is 12.7. The summed E-state index contributed by atoms with van der Waals surface area (Å²) in [6, 6.07) is 15.8. The summed E-state index contributed by atoms with van der Waals surface area (Å²) in [5.74, 6) is -1.10. The standard InChI is InChI=1S/C43H47FN2O9/c1-24(42(47)48)45(3)16-14-28-21-35(52-6)37-23-31(28)32(45)18-26-8-11-30(12-9-26)54-36-20-27(10-13-34(36)51-5)19-33-39-29(15-17-46(33,4)25(2)43(49)50)22-38(53-7)40(44)41(39)55-37/h8-13,20-25,32-33H,14-19H2,1-7H3. The van der Waals surface area contributed by atoms with Crippen molar-refractivity contribution in [1.29, 1.82) is 0 Å². The number of rotatable bonds is 7. The molecule has 0 saturated carbocycles. The van der Waals surface area contributed by atoms with Crippen molar-refractivity contribution in [2.24, 2.45) is 0 Å². The number of ether oxygens (including phenoxy) is 5. The summed E-state index contributed by atoms with van der Waals surface area (Å²) in [5.41, 5.74) is 4.84. The van der Waals surface area contributed by atoms with Gasteiger partial charge in [-0.3, -0.25) is 0 Å². The molecule has 11 nitrogen and oxygen atoms in total.